The van der Waals surface area contributed by atoms with Crippen LogP contribution in [0.25, 0.3) is 10.9 Å². The van der Waals surface area contributed by atoms with Gasteiger partial charge in [0.25, 0.3) is 0 Å². The van der Waals surface area contributed by atoms with Gasteiger partial charge in [-0.2, -0.15) is 0 Å². The van der Waals surface area contributed by atoms with Crippen LogP contribution in [-0.2, 0) is 6.54 Å². The largest absolute Gasteiger partial charge is 0.377 e. The Balaban J connectivity index is 1.29. The van der Waals surface area contributed by atoms with E-state index in [9.17, 15) is 0 Å². The monoisotopic (exact) mass is 528 g/mol. The van der Waals surface area contributed by atoms with Gasteiger partial charge >= 0.3 is 0 Å². The van der Waals surface area contributed by atoms with Gasteiger partial charge < -0.3 is 15.5 Å². The van der Waals surface area contributed by atoms with Crippen LogP contribution >= 0.6 is 22.6 Å². The lowest BCUT2D eigenvalue weighted by Gasteiger charge is -2.30. The van der Waals surface area contributed by atoms with Crippen LogP contribution in [0.5, 0.6) is 0 Å². The summed E-state index contributed by atoms with van der Waals surface area (Å²) in [7, 11) is 4.20. The zero-order chi connectivity index (χ0) is 21.8. The summed E-state index contributed by atoms with van der Waals surface area (Å²) >= 11 is 2.42. The van der Waals surface area contributed by atoms with Crippen molar-refractivity contribution in [1.29, 1.82) is 0 Å². The smallest absolute Gasteiger partial charge is 0.128 e. The molecule has 1 fully saturated rings. The molecule has 0 saturated heterocycles. The summed E-state index contributed by atoms with van der Waals surface area (Å²) in [5, 5.41) is 8.61. The Hall–Kier alpha value is -1.86. The van der Waals surface area contributed by atoms with Gasteiger partial charge in [-0.1, -0.05) is 30.3 Å². The topological polar surface area (TPSA) is 40.2 Å². The quantitative estimate of drug-likeness (QED) is 0.371. The average Bonchev–Trinajstić information content (AvgIpc) is 2.77. The van der Waals surface area contributed by atoms with E-state index in [2.05, 4.69) is 108 Å². The van der Waals surface area contributed by atoms with E-state index in [0.29, 0.717) is 6.04 Å². The Kier molecular flexibility index (Phi) is 7.33. The summed E-state index contributed by atoms with van der Waals surface area (Å²) in [4.78, 5) is 7.05. The Bertz CT molecular complexity index is 1030. The number of anilines is 2. The first kappa shape index (κ1) is 22.3. The molecule has 2 aromatic carbocycles. The molecule has 1 saturated carbocycles. The van der Waals surface area contributed by atoms with Gasteiger partial charge in [0.2, 0.25) is 0 Å². The lowest BCUT2D eigenvalue weighted by molar-refractivity contribution is 0.324. The molecule has 4 rings (SSSR count). The van der Waals surface area contributed by atoms with Gasteiger partial charge in [-0.15, -0.1) is 0 Å². The summed E-state index contributed by atoms with van der Waals surface area (Å²) in [6.07, 6.45) is 4.95. The van der Waals surface area contributed by atoms with Crippen LogP contribution in [-0.4, -0.2) is 31.7 Å². The lowest BCUT2D eigenvalue weighted by Crippen LogP contribution is -2.31. The van der Waals surface area contributed by atoms with Crippen LogP contribution in [0.4, 0.5) is 11.5 Å². The highest BCUT2D eigenvalue weighted by molar-refractivity contribution is 14.1. The van der Waals surface area contributed by atoms with E-state index >= 15 is 0 Å². The molecule has 0 aliphatic heterocycles. The van der Waals surface area contributed by atoms with E-state index in [-0.39, 0.29) is 0 Å². The molecule has 1 heterocycles. The van der Waals surface area contributed by atoms with Gasteiger partial charge in [-0.3, -0.25) is 0 Å². The van der Waals surface area contributed by atoms with Gasteiger partial charge in [-0.25, -0.2) is 4.98 Å². The maximum absolute atomic E-state index is 4.88. The number of hydrogen-bond donors (Lipinski definition) is 2. The van der Waals surface area contributed by atoms with Crippen molar-refractivity contribution in [2.45, 2.75) is 45.2 Å². The van der Waals surface area contributed by atoms with Gasteiger partial charge in [0.1, 0.15) is 5.82 Å². The van der Waals surface area contributed by atoms with E-state index in [4.69, 9.17) is 4.98 Å². The molecule has 0 spiro atoms. The number of pyridine rings is 1. The minimum absolute atomic E-state index is 0.513. The first-order chi connectivity index (χ1) is 15.0. The Morgan fingerprint density at radius 3 is 2.55 bits per heavy atom. The predicted octanol–water partition coefficient (Wildman–Crippen LogP) is 5.97. The van der Waals surface area contributed by atoms with Gasteiger partial charge in [-0.05, 0) is 90.9 Å². The maximum Gasteiger partial charge on any atom is 0.128 e. The van der Waals surface area contributed by atoms with E-state index in [1.165, 1.54) is 51.5 Å². The highest BCUT2D eigenvalue weighted by atomic mass is 127. The average molecular weight is 528 g/mol. The second-order valence-electron chi connectivity index (χ2n) is 9.01. The van der Waals surface area contributed by atoms with Crippen molar-refractivity contribution in [2.24, 2.45) is 5.92 Å². The van der Waals surface area contributed by atoms with Gasteiger partial charge in [0.15, 0.2) is 0 Å². The lowest BCUT2D eigenvalue weighted by atomic mass is 9.86. The molecule has 5 heteroatoms. The second-order valence-corrected chi connectivity index (χ2v) is 10.2. The molecule has 1 aliphatic rings. The number of aromatic nitrogens is 1. The molecule has 1 aromatic heterocycles. The SMILES string of the molecule is Cc1ccc(CNC[C@H]2CC[C@@H](Nc3cc(N(C)C)c4ccccc4n3)CC2)cc1I. The number of benzene rings is 2. The van der Waals surface area contributed by atoms with Crippen molar-refractivity contribution in [1.82, 2.24) is 10.3 Å². The van der Waals surface area contributed by atoms with E-state index < -0.39 is 0 Å². The van der Waals surface area contributed by atoms with E-state index in [0.717, 1.165) is 30.3 Å². The molecule has 0 bridgehead atoms. The van der Waals surface area contributed by atoms with Crippen molar-refractivity contribution < 1.29 is 0 Å². The standard InChI is InChI=1S/C26H33IN4/c1-18-8-9-20(14-23(18)27)17-28-16-19-10-12-21(13-11-19)29-26-15-25(31(2)3)22-6-4-5-7-24(22)30-26/h4-9,14-15,19,21,28H,10-13,16-17H2,1-3H3,(H,29,30)/t19-,21+. The van der Waals surface area contributed by atoms with Crippen molar-refractivity contribution >= 4 is 45.0 Å². The molecule has 3 aromatic rings. The number of rotatable bonds is 7. The van der Waals surface area contributed by atoms with Crippen molar-refractivity contribution in [3.05, 3.63) is 63.2 Å². The highest BCUT2D eigenvalue weighted by Crippen LogP contribution is 2.30. The molecular weight excluding hydrogens is 495 g/mol. The van der Waals surface area contributed by atoms with E-state index in [1.807, 2.05) is 0 Å². The predicted molar refractivity (Wildman–Crippen MR) is 141 cm³/mol. The Labute approximate surface area is 200 Å². The van der Waals surface area contributed by atoms with Crippen LogP contribution in [0.1, 0.15) is 36.8 Å². The summed E-state index contributed by atoms with van der Waals surface area (Å²) in [6, 6.07) is 17.9. The van der Waals surface area contributed by atoms with Crippen LogP contribution < -0.4 is 15.5 Å². The first-order valence-corrected chi connectivity index (χ1v) is 12.4. The van der Waals surface area contributed by atoms with Crippen LogP contribution in [0.2, 0.25) is 0 Å². The molecule has 0 amide bonds. The normalized spacial score (nSPS) is 18.8. The van der Waals surface area contributed by atoms with Gasteiger partial charge in [0, 0.05) is 47.4 Å². The fourth-order valence-corrected chi connectivity index (χ4v) is 5.07. The zero-order valence-corrected chi connectivity index (χ0v) is 20.9. The maximum atomic E-state index is 4.88. The molecule has 31 heavy (non-hydrogen) atoms. The second kappa shape index (κ2) is 10.2. The molecule has 0 unspecified atom stereocenters. The summed E-state index contributed by atoms with van der Waals surface area (Å²) < 4.78 is 1.35. The molecular formula is C26H33IN4. The third-order valence-corrected chi connectivity index (χ3v) is 7.54. The Morgan fingerprint density at radius 2 is 1.81 bits per heavy atom. The molecule has 1 aliphatic carbocycles. The molecule has 0 atom stereocenters. The number of fused-ring (bicyclic) bond motifs is 1. The Morgan fingerprint density at radius 1 is 1.03 bits per heavy atom. The summed E-state index contributed by atoms with van der Waals surface area (Å²) in [5.41, 5.74) is 5.01. The molecule has 164 valence electrons. The zero-order valence-electron chi connectivity index (χ0n) is 18.8. The number of hydrogen-bond acceptors (Lipinski definition) is 4. The van der Waals surface area contributed by atoms with Crippen molar-refractivity contribution in [3.63, 3.8) is 0 Å². The van der Waals surface area contributed by atoms with Crippen LogP contribution in [0, 0.1) is 16.4 Å². The van der Waals surface area contributed by atoms with Crippen LogP contribution in [0.15, 0.2) is 48.5 Å². The number of nitrogens with one attached hydrogen (secondary N) is 2. The fourth-order valence-electron chi connectivity index (χ4n) is 4.49. The molecule has 0 radical (unpaired) electrons. The van der Waals surface area contributed by atoms with Crippen LogP contribution in [0.3, 0.4) is 0 Å². The number of nitrogens with zero attached hydrogens (tertiary/aromatic N) is 2. The van der Waals surface area contributed by atoms with Crippen molar-refractivity contribution in [2.75, 3.05) is 30.9 Å². The fraction of sp³-hybridized carbons (Fsp3) is 0.423. The molecule has 4 nitrogen and oxygen atoms in total. The minimum atomic E-state index is 0.513. The third-order valence-electron chi connectivity index (χ3n) is 6.37. The summed E-state index contributed by atoms with van der Waals surface area (Å²) in [6.45, 7) is 4.24. The highest BCUT2D eigenvalue weighted by Gasteiger charge is 2.21. The van der Waals surface area contributed by atoms with Crippen molar-refractivity contribution in [3.8, 4) is 0 Å². The van der Waals surface area contributed by atoms with Gasteiger partial charge in [0.05, 0.1) is 5.52 Å². The minimum Gasteiger partial charge on any atom is -0.377 e. The summed E-state index contributed by atoms with van der Waals surface area (Å²) in [5.74, 6) is 1.77. The first-order valence-electron chi connectivity index (χ1n) is 11.3. The third kappa shape index (κ3) is 5.69. The number of halogens is 1. The molecule has 2 N–H and O–H groups in total. The van der Waals surface area contributed by atoms with E-state index in [1.54, 1.807) is 0 Å². The number of para-hydroxylation sites is 1. The number of aryl methyl sites for hydroxylation is 1.